The molecule has 108 valence electrons. The lowest BCUT2D eigenvalue weighted by molar-refractivity contribution is -0.385. The van der Waals surface area contributed by atoms with Crippen molar-refractivity contribution < 1.29 is 9.72 Å². The molecule has 2 rings (SSSR count). The van der Waals surface area contributed by atoms with Crippen molar-refractivity contribution in [3.05, 3.63) is 37.8 Å². The van der Waals surface area contributed by atoms with Crippen molar-refractivity contribution in [2.75, 3.05) is 19.6 Å². The fourth-order valence-corrected chi connectivity index (χ4v) is 2.73. The Morgan fingerprint density at radius 1 is 1.55 bits per heavy atom. The Balaban J connectivity index is 2.32. The number of nitrogens with zero attached hydrogens (tertiary/aromatic N) is 2. The minimum atomic E-state index is -0.461. The van der Waals surface area contributed by atoms with Crippen LogP contribution in [0.3, 0.4) is 0 Å². The summed E-state index contributed by atoms with van der Waals surface area (Å²) >= 11 is 3.28. The maximum atomic E-state index is 12.4. The number of hydrogen-bond acceptors (Lipinski definition) is 4. The standard InChI is InChI=1S/C13H16BrN3O3/c1-8-7-16(4-3-15-8)13(18)10-5-11(14)9(2)12(6-10)17(19)20/h5-6,8,15H,3-4,7H2,1-2H3/t8-/m1/s1. The number of carbonyl (C=O) groups is 1. The third-order valence-electron chi connectivity index (χ3n) is 3.42. The molecule has 7 heteroatoms. The predicted molar refractivity (Wildman–Crippen MR) is 78.9 cm³/mol. The Hall–Kier alpha value is -1.47. The number of rotatable bonds is 2. The minimum Gasteiger partial charge on any atom is -0.336 e. The summed E-state index contributed by atoms with van der Waals surface area (Å²) in [6.45, 7) is 5.62. The molecule has 0 bridgehead atoms. The van der Waals surface area contributed by atoms with Crippen molar-refractivity contribution in [3.8, 4) is 0 Å². The number of halogens is 1. The number of nitro groups is 1. The Morgan fingerprint density at radius 2 is 2.25 bits per heavy atom. The maximum Gasteiger partial charge on any atom is 0.274 e. The summed E-state index contributed by atoms with van der Waals surface area (Å²) in [4.78, 5) is 24.7. The molecule has 1 fully saturated rings. The molecule has 0 aromatic heterocycles. The van der Waals surface area contributed by atoms with E-state index in [-0.39, 0.29) is 17.6 Å². The van der Waals surface area contributed by atoms with E-state index in [9.17, 15) is 14.9 Å². The van der Waals surface area contributed by atoms with Crippen molar-refractivity contribution in [1.82, 2.24) is 10.2 Å². The molecule has 1 N–H and O–H groups in total. The summed E-state index contributed by atoms with van der Waals surface area (Å²) in [6, 6.07) is 3.24. The van der Waals surface area contributed by atoms with Gasteiger partial charge in [0.15, 0.2) is 0 Å². The van der Waals surface area contributed by atoms with Crippen LogP contribution in [0.1, 0.15) is 22.8 Å². The fourth-order valence-electron chi connectivity index (χ4n) is 2.28. The van der Waals surface area contributed by atoms with Crippen molar-refractivity contribution in [1.29, 1.82) is 0 Å². The van der Waals surface area contributed by atoms with Crippen LogP contribution in [0, 0.1) is 17.0 Å². The van der Waals surface area contributed by atoms with Gasteiger partial charge in [-0.05, 0) is 19.9 Å². The monoisotopic (exact) mass is 341 g/mol. The molecular formula is C13H16BrN3O3. The Morgan fingerprint density at radius 3 is 2.85 bits per heavy atom. The second-order valence-corrected chi connectivity index (χ2v) is 5.82. The molecule has 1 saturated heterocycles. The molecule has 1 heterocycles. The van der Waals surface area contributed by atoms with Crippen LogP contribution in [0.4, 0.5) is 5.69 Å². The van der Waals surface area contributed by atoms with Gasteiger partial charge in [0.2, 0.25) is 0 Å². The van der Waals surface area contributed by atoms with Gasteiger partial charge < -0.3 is 10.2 Å². The first-order valence-electron chi connectivity index (χ1n) is 6.37. The Labute approximate surface area is 125 Å². The van der Waals surface area contributed by atoms with Gasteiger partial charge in [0.05, 0.1) is 4.92 Å². The number of carbonyl (C=O) groups excluding carboxylic acids is 1. The van der Waals surface area contributed by atoms with Crippen molar-refractivity contribution >= 4 is 27.5 Å². The smallest absolute Gasteiger partial charge is 0.274 e. The normalized spacial score (nSPS) is 18.9. The quantitative estimate of drug-likeness (QED) is 0.660. The van der Waals surface area contributed by atoms with Crippen molar-refractivity contribution in [3.63, 3.8) is 0 Å². The molecule has 1 aromatic carbocycles. The van der Waals surface area contributed by atoms with E-state index in [1.54, 1.807) is 17.9 Å². The summed E-state index contributed by atoms with van der Waals surface area (Å²) in [5.41, 5.74) is 0.842. The van der Waals surface area contributed by atoms with E-state index >= 15 is 0 Å². The lowest BCUT2D eigenvalue weighted by Gasteiger charge is -2.32. The van der Waals surface area contributed by atoms with E-state index in [4.69, 9.17) is 0 Å². The molecule has 0 unspecified atom stereocenters. The molecule has 1 aromatic rings. The number of benzene rings is 1. The number of nitrogens with one attached hydrogen (secondary N) is 1. The molecule has 1 aliphatic rings. The topological polar surface area (TPSA) is 75.5 Å². The minimum absolute atomic E-state index is 0.0362. The average Bonchev–Trinajstić information content (AvgIpc) is 2.40. The first kappa shape index (κ1) is 14.9. The third kappa shape index (κ3) is 2.99. The Kier molecular flexibility index (Phi) is 4.39. The highest BCUT2D eigenvalue weighted by molar-refractivity contribution is 9.10. The van der Waals surface area contributed by atoms with Crippen LogP contribution in [-0.2, 0) is 0 Å². The summed E-state index contributed by atoms with van der Waals surface area (Å²) in [5.74, 6) is -0.165. The third-order valence-corrected chi connectivity index (χ3v) is 4.24. The van der Waals surface area contributed by atoms with Gasteiger partial charge >= 0.3 is 0 Å². The largest absolute Gasteiger partial charge is 0.336 e. The van der Waals surface area contributed by atoms with Crippen LogP contribution < -0.4 is 5.32 Å². The van der Waals surface area contributed by atoms with E-state index in [0.29, 0.717) is 28.7 Å². The molecule has 1 atom stereocenters. The second kappa shape index (κ2) is 5.88. The molecule has 0 aliphatic carbocycles. The van der Waals surface area contributed by atoms with E-state index in [0.717, 1.165) is 6.54 Å². The van der Waals surface area contributed by atoms with Crippen molar-refractivity contribution in [2.45, 2.75) is 19.9 Å². The highest BCUT2D eigenvalue weighted by Crippen LogP contribution is 2.28. The summed E-state index contributed by atoms with van der Waals surface area (Å²) in [7, 11) is 0. The van der Waals surface area contributed by atoms with Crippen LogP contribution >= 0.6 is 15.9 Å². The van der Waals surface area contributed by atoms with E-state index in [1.165, 1.54) is 6.07 Å². The zero-order chi connectivity index (χ0) is 14.9. The van der Waals surface area contributed by atoms with Gasteiger partial charge in [-0.3, -0.25) is 14.9 Å². The lowest BCUT2D eigenvalue weighted by Crippen LogP contribution is -2.51. The predicted octanol–water partition coefficient (Wildman–Crippen LogP) is 2.10. The molecule has 0 saturated carbocycles. The van der Waals surface area contributed by atoms with Crippen LogP contribution in [-0.4, -0.2) is 41.4 Å². The zero-order valence-corrected chi connectivity index (χ0v) is 12.9. The average molecular weight is 342 g/mol. The first-order chi connectivity index (χ1) is 9.40. The van der Waals surface area contributed by atoms with Crippen molar-refractivity contribution in [2.24, 2.45) is 0 Å². The molecular weight excluding hydrogens is 326 g/mol. The van der Waals surface area contributed by atoms with Crippen LogP contribution in [0.25, 0.3) is 0 Å². The fraction of sp³-hybridized carbons (Fsp3) is 0.462. The Bertz CT molecular complexity index is 562. The molecule has 0 radical (unpaired) electrons. The summed E-state index contributed by atoms with van der Waals surface area (Å²) < 4.78 is 0.582. The zero-order valence-electron chi connectivity index (χ0n) is 11.4. The number of hydrogen-bond donors (Lipinski definition) is 1. The second-order valence-electron chi connectivity index (χ2n) is 4.97. The van der Waals surface area contributed by atoms with E-state index in [2.05, 4.69) is 21.2 Å². The molecule has 1 amide bonds. The summed E-state index contributed by atoms with van der Waals surface area (Å²) in [6.07, 6.45) is 0. The number of piperazine rings is 1. The van der Waals surface area contributed by atoms with Crippen LogP contribution in [0.5, 0.6) is 0 Å². The molecule has 20 heavy (non-hydrogen) atoms. The van der Waals surface area contributed by atoms with Gasteiger partial charge in [-0.15, -0.1) is 0 Å². The van der Waals surface area contributed by atoms with Crippen LogP contribution in [0.15, 0.2) is 16.6 Å². The van der Waals surface area contributed by atoms with Crippen LogP contribution in [0.2, 0.25) is 0 Å². The first-order valence-corrected chi connectivity index (χ1v) is 7.16. The maximum absolute atomic E-state index is 12.4. The number of amides is 1. The van der Waals surface area contributed by atoms with E-state index < -0.39 is 4.92 Å². The molecule has 6 nitrogen and oxygen atoms in total. The molecule has 1 aliphatic heterocycles. The SMILES string of the molecule is Cc1c(Br)cc(C(=O)N2CCN[C@H](C)C2)cc1[N+](=O)[O-]. The lowest BCUT2D eigenvalue weighted by atomic mass is 10.1. The van der Waals surface area contributed by atoms with Gasteiger partial charge in [-0.1, -0.05) is 15.9 Å². The van der Waals surface area contributed by atoms with Gasteiger partial charge in [-0.2, -0.15) is 0 Å². The van der Waals surface area contributed by atoms with E-state index in [1.807, 2.05) is 6.92 Å². The highest BCUT2D eigenvalue weighted by Gasteiger charge is 2.24. The number of nitro benzene ring substituents is 1. The summed E-state index contributed by atoms with van der Waals surface area (Å²) in [5, 5.41) is 14.3. The van der Waals surface area contributed by atoms with Gasteiger partial charge in [0.1, 0.15) is 0 Å². The van der Waals surface area contributed by atoms with Gasteiger partial charge in [0, 0.05) is 47.3 Å². The molecule has 0 spiro atoms. The van der Waals surface area contributed by atoms with Gasteiger partial charge in [0.25, 0.3) is 11.6 Å². The van der Waals surface area contributed by atoms with Gasteiger partial charge in [-0.25, -0.2) is 0 Å². The highest BCUT2D eigenvalue weighted by atomic mass is 79.9.